The van der Waals surface area contributed by atoms with E-state index in [1.165, 1.54) is 7.11 Å². The summed E-state index contributed by atoms with van der Waals surface area (Å²) >= 11 is 0. The molecule has 0 saturated carbocycles. The van der Waals surface area contributed by atoms with Gasteiger partial charge in [0.05, 0.1) is 25.7 Å². The monoisotopic (exact) mass is 508 g/mol. The van der Waals surface area contributed by atoms with Crippen LogP contribution in [0.4, 0.5) is 18.9 Å². The molecule has 1 aliphatic heterocycles. The van der Waals surface area contributed by atoms with Crippen LogP contribution in [0.5, 0.6) is 5.75 Å². The van der Waals surface area contributed by atoms with E-state index in [-0.39, 0.29) is 6.54 Å². The molecule has 3 aromatic rings. The highest BCUT2D eigenvalue weighted by molar-refractivity contribution is 7.89. The number of fused-ring (bicyclic) bond motifs is 1. The molecule has 35 heavy (non-hydrogen) atoms. The third-order valence-electron chi connectivity index (χ3n) is 6.16. The van der Waals surface area contributed by atoms with Crippen molar-refractivity contribution in [1.82, 2.24) is 13.9 Å². The lowest BCUT2D eigenvalue weighted by Crippen LogP contribution is -2.47. The summed E-state index contributed by atoms with van der Waals surface area (Å²) in [5.74, 6) is 0.333. The smallest absolute Gasteiger partial charge is 0.496 e. The predicted octanol–water partition coefficient (Wildman–Crippen LogP) is 4.10. The van der Waals surface area contributed by atoms with Crippen LogP contribution in [0, 0.1) is 0 Å². The Morgan fingerprint density at radius 3 is 2.49 bits per heavy atom. The van der Waals surface area contributed by atoms with Crippen LogP contribution in [-0.2, 0) is 36.6 Å². The zero-order valence-corrected chi connectivity index (χ0v) is 20.3. The quantitative estimate of drug-likeness (QED) is 0.481. The number of benzene rings is 2. The van der Waals surface area contributed by atoms with E-state index in [1.807, 2.05) is 48.5 Å². The van der Waals surface area contributed by atoms with Gasteiger partial charge in [-0.3, -0.25) is 0 Å². The summed E-state index contributed by atoms with van der Waals surface area (Å²) in [6, 6.07) is 14.2. The van der Waals surface area contributed by atoms with Crippen LogP contribution in [0.15, 0.2) is 61.1 Å². The van der Waals surface area contributed by atoms with Crippen molar-refractivity contribution in [2.24, 2.45) is 7.05 Å². The van der Waals surface area contributed by atoms with E-state index in [9.17, 15) is 21.6 Å². The number of anilines is 1. The Labute approximate surface area is 202 Å². The zero-order valence-electron chi connectivity index (χ0n) is 19.4. The molecule has 0 saturated heterocycles. The Kier molecular flexibility index (Phi) is 7.09. The molecule has 0 N–H and O–H groups in total. The molecule has 0 bridgehead atoms. The number of nitrogens with zero attached hydrogens (tertiary/aromatic N) is 4. The maximum absolute atomic E-state index is 13.6. The van der Waals surface area contributed by atoms with Gasteiger partial charge in [0.1, 0.15) is 5.75 Å². The highest BCUT2D eigenvalue weighted by atomic mass is 32.2. The van der Waals surface area contributed by atoms with Gasteiger partial charge in [0.25, 0.3) is 0 Å². The molecule has 2 aromatic carbocycles. The van der Waals surface area contributed by atoms with E-state index in [0.717, 1.165) is 11.3 Å². The third kappa shape index (κ3) is 5.30. The number of hydrogen-bond donors (Lipinski definition) is 0. The average molecular weight is 509 g/mol. The second kappa shape index (κ2) is 9.90. The maximum atomic E-state index is 13.6. The van der Waals surface area contributed by atoms with Gasteiger partial charge >= 0.3 is 15.5 Å². The first-order valence-electron chi connectivity index (χ1n) is 11.1. The zero-order chi connectivity index (χ0) is 25.2. The predicted molar refractivity (Wildman–Crippen MR) is 126 cm³/mol. The first kappa shape index (κ1) is 25.1. The number of ether oxygens (including phenoxy) is 1. The Balaban J connectivity index is 1.80. The minimum Gasteiger partial charge on any atom is -0.496 e. The van der Waals surface area contributed by atoms with Gasteiger partial charge < -0.3 is 14.2 Å². The van der Waals surface area contributed by atoms with Gasteiger partial charge in [0.2, 0.25) is 0 Å². The second-order valence-corrected chi connectivity index (χ2v) is 10.5. The summed E-state index contributed by atoms with van der Waals surface area (Å²) in [5.41, 5.74) is -2.65. The second-order valence-electron chi connectivity index (χ2n) is 8.54. The van der Waals surface area contributed by atoms with Gasteiger partial charge in [-0.15, -0.1) is 0 Å². The molecule has 1 aromatic heterocycles. The summed E-state index contributed by atoms with van der Waals surface area (Å²) in [7, 11) is -2.32. The highest BCUT2D eigenvalue weighted by Crippen LogP contribution is 2.39. The Hall–Kier alpha value is -3.05. The van der Waals surface area contributed by atoms with Crippen molar-refractivity contribution in [3.63, 3.8) is 0 Å². The van der Waals surface area contributed by atoms with Crippen LogP contribution in [-0.4, -0.2) is 47.5 Å². The van der Waals surface area contributed by atoms with Crippen LogP contribution in [0.2, 0.25) is 0 Å². The molecule has 11 heteroatoms. The van der Waals surface area contributed by atoms with Gasteiger partial charge in [-0.25, -0.2) is 13.4 Å². The van der Waals surface area contributed by atoms with Crippen molar-refractivity contribution in [2.45, 2.75) is 37.5 Å². The fourth-order valence-corrected chi connectivity index (χ4v) is 5.40. The number of aromatic nitrogens is 2. The molecule has 1 unspecified atom stereocenters. The topological polar surface area (TPSA) is 67.7 Å². The molecule has 2 heterocycles. The van der Waals surface area contributed by atoms with Crippen LogP contribution in [0.3, 0.4) is 0 Å². The molecule has 0 spiro atoms. The summed E-state index contributed by atoms with van der Waals surface area (Å²) < 4.78 is 73.9. The van der Waals surface area contributed by atoms with Crippen molar-refractivity contribution in [2.75, 3.05) is 18.6 Å². The first-order chi connectivity index (χ1) is 16.6. The van der Waals surface area contributed by atoms with Crippen molar-refractivity contribution in [3.05, 3.63) is 77.9 Å². The number of aryl methyl sites for hydroxylation is 2. The molecule has 7 nitrogen and oxygen atoms in total. The van der Waals surface area contributed by atoms with Gasteiger partial charge in [-0.05, 0) is 30.5 Å². The van der Waals surface area contributed by atoms with Crippen LogP contribution >= 0.6 is 0 Å². The number of hydrogen-bond acceptors (Lipinski definition) is 5. The largest absolute Gasteiger partial charge is 0.511 e. The molecule has 0 amide bonds. The molecule has 4 rings (SSSR count). The fraction of sp³-hybridized carbons (Fsp3) is 0.375. The van der Waals surface area contributed by atoms with Crippen molar-refractivity contribution in [3.8, 4) is 5.75 Å². The van der Waals surface area contributed by atoms with E-state index in [1.54, 1.807) is 29.1 Å². The summed E-state index contributed by atoms with van der Waals surface area (Å²) in [5, 5.41) is 0. The van der Waals surface area contributed by atoms with Crippen molar-refractivity contribution >= 4 is 15.7 Å². The summed E-state index contributed by atoms with van der Waals surface area (Å²) in [6.45, 7) is -0.457. The molecular formula is C24H27F3N4O3S. The number of sulfonamides is 1. The number of halogens is 3. The van der Waals surface area contributed by atoms with E-state index in [2.05, 4.69) is 4.98 Å². The van der Waals surface area contributed by atoms with E-state index >= 15 is 0 Å². The Bertz CT molecular complexity index is 1260. The summed E-state index contributed by atoms with van der Waals surface area (Å²) in [4.78, 5) is 6.35. The third-order valence-corrected chi connectivity index (χ3v) is 7.70. The van der Waals surface area contributed by atoms with Crippen LogP contribution in [0.25, 0.3) is 0 Å². The minimum atomic E-state index is -5.57. The van der Waals surface area contributed by atoms with Crippen LogP contribution < -0.4 is 9.64 Å². The Morgan fingerprint density at radius 2 is 1.86 bits per heavy atom. The van der Waals surface area contributed by atoms with E-state index < -0.39 is 28.1 Å². The average Bonchev–Trinajstić information content (AvgIpc) is 3.16. The van der Waals surface area contributed by atoms with Gasteiger partial charge in [-0.1, -0.05) is 36.4 Å². The number of rotatable bonds is 7. The molecule has 0 radical (unpaired) electrons. The lowest BCUT2D eigenvalue weighted by atomic mass is 10.0. The Morgan fingerprint density at radius 1 is 1.11 bits per heavy atom. The lowest BCUT2D eigenvalue weighted by molar-refractivity contribution is -0.0492. The standard InChI is InChI=1S/C24H27F3N4O3S/c1-29-13-19(28-17-29)14-31-20(12-11-18-7-4-3-5-8-18)15-30(35(32,33)24(25,26)27)16-21-22(31)9-6-10-23(21)34-2/h3-10,13,17,20H,11-12,14-16H2,1-2H3. The molecule has 1 aliphatic rings. The minimum absolute atomic E-state index is 0.306. The van der Waals surface area contributed by atoms with Crippen molar-refractivity contribution < 1.29 is 26.3 Å². The molecule has 0 fully saturated rings. The first-order valence-corrected chi connectivity index (χ1v) is 12.5. The van der Waals surface area contributed by atoms with Gasteiger partial charge in [0, 0.05) is 43.6 Å². The molecule has 0 aliphatic carbocycles. The molecule has 1 atom stereocenters. The highest BCUT2D eigenvalue weighted by Gasteiger charge is 2.51. The van der Waals surface area contributed by atoms with Crippen molar-refractivity contribution in [1.29, 1.82) is 0 Å². The lowest BCUT2D eigenvalue weighted by Gasteiger charge is -2.34. The van der Waals surface area contributed by atoms with E-state index in [4.69, 9.17) is 4.74 Å². The van der Waals surface area contributed by atoms with Gasteiger partial charge in [-0.2, -0.15) is 17.5 Å². The SMILES string of the molecule is COc1cccc2c1CN(S(=O)(=O)C(F)(F)F)CC(CCc1ccccc1)N2Cc1cn(C)cn1. The summed E-state index contributed by atoms with van der Waals surface area (Å²) in [6.07, 6.45) is 4.50. The molecular weight excluding hydrogens is 481 g/mol. The van der Waals surface area contributed by atoms with Gasteiger partial charge in [0.15, 0.2) is 0 Å². The number of methoxy groups -OCH3 is 1. The normalized spacial score (nSPS) is 17.2. The van der Waals surface area contributed by atoms with Crippen LogP contribution in [0.1, 0.15) is 23.2 Å². The van der Waals surface area contributed by atoms with E-state index in [0.29, 0.717) is 40.7 Å². The number of imidazole rings is 1. The fourth-order valence-electron chi connectivity index (χ4n) is 4.44. The maximum Gasteiger partial charge on any atom is 0.511 e. The molecule has 188 valence electrons. The number of alkyl halides is 3.